The van der Waals surface area contributed by atoms with Gasteiger partial charge in [-0.05, 0) is 30.8 Å². The van der Waals surface area contributed by atoms with Gasteiger partial charge in [-0.2, -0.15) is 0 Å². The average molecular weight is 269 g/mol. The minimum atomic E-state index is -1.01. The van der Waals surface area contributed by atoms with Crippen molar-refractivity contribution in [2.24, 2.45) is 17.3 Å². The van der Waals surface area contributed by atoms with Crippen molar-refractivity contribution < 1.29 is 4.43 Å². The van der Waals surface area contributed by atoms with Gasteiger partial charge >= 0.3 is 0 Å². The fraction of sp³-hybridized carbons (Fsp3) is 0.875. The summed E-state index contributed by atoms with van der Waals surface area (Å²) in [5.74, 6) is 4.57. The summed E-state index contributed by atoms with van der Waals surface area (Å²) in [5, 5.41) is 0. The molecule has 0 saturated carbocycles. The molecule has 0 amide bonds. The zero-order chi connectivity index (χ0) is 14.2. The predicted molar refractivity (Wildman–Crippen MR) is 84.0 cm³/mol. The van der Waals surface area contributed by atoms with Gasteiger partial charge < -0.3 is 4.43 Å². The normalized spacial score (nSPS) is 14.9. The Morgan fingerprint density at radius 1 is 1.22 bits per heavy atom. The van der Waals surface area contributed by atoms with Crippen molar-refractivity contribution in [2.75, 3.05) is 0 Å². The average Bonchev–Trinajstić information content (AvgIpc) is 2.23. The quantitative estimate of drug-likeness (QED) is 0.495. The van der Waals surface area contributed by atoms with Crippen LogP contribution >= 0.6 is 0 Å². The summed E-state index contributed by atoms with van der Waals surface area (Å²) in [5.41, 5.74) is 0.245. The molecule has 0 rings (SSSR count). The van der Waals surface area contributed by atoms with Crippen LogP contribution < -0.4 is 0 Å². The van der Waals surface area contributed by atoms with Gasteiger partial charge in [-0.25, -0.2) is 0 Å². The van der Waals surface area contributed by atoms with Gasteiger partial charge in [-0.1, -0.05) is 59.8 Å². The first-order valence-electron chi connectivity index (χ1n) is 7.43. The van der Waals surface area contributed by atoms with Crippen LogP contribution in [0.1, 0.15) is 60.3 Å². The van der Waals surface area contributed by atoms with E-state index in [0.717, 1.165) is 5.92 Å². The van der Waals surface area contributed by atoms with E-state index in [-0.39, 0.29) is 5.41 Å². The molecule has 0 heterocycles. The smallest absolute Gasteiger partial charge is 0.244 e. The Morgan fingerprint density at radius 2 is 1.83 bits per heavy atom. The SMILES string of the molecule is CCCC[C@@H](C)C[C@H](C#CO[SiH](C)C)C(C)(C)C. The maximum atomic E-state index is 5.51. The topological polar surface area (TPSA) is 9.23 Å². The Hall–Kier alpha value is -0.423. The summed E-state index contributed by atoms with van der Waals surface area (Å²) >= 11 is 0. The molecule has 2 atom stereocenters. The van der Waals surface area contributed by atoms with Crippen LogP contribution in [-0.4, -0.2) is 9.04 Å². The van der Waals surface area contributed by atoms with E-state index in [0.29, 0.717) is 5.92 Å². The molecule has 1 nitrogen and oxygen atoms in total. The molecule has 0 aromatic heterocycles. The summed E-state index contributed by atoms with van der Waals surface area (Å²) in [4.78, 5) is 0. The van der Waals surface area contributed by atoms with E-state index >= 15 is 0 Å². The van der Waals surface area contributed by atoms with E-state index in [1.807, 2.05) is 0 Å². The molecule has 0 fully saturated rings. The lowest BCUT2D eigenvalue weighted by molar-refractivity contribution is 0.250. The molecule has 0 saturated heterocycles. The van der Waals surface area contributed by atoms with Gasteiger partial charge in [0.2, 0.25) is 9.04 Å². The summed E-state index contributed by atoms with van der Waals surface area (Å²) < 4.78 is 5.51. The van der Waals surface area contributed by atoms with Crippen molar-refractivity contribution >= 4 is 9.04 Å². The summed E-state index contributed by atoms with van der Waals surface area (Å²) in [7, 11) is -1.01. The van der Waals surface area contributed by atoms with Gasteiger partial charge in [0.15, 0.2) is 0 Å². The first kappa shape index (κ1) is 17.6. The third-order valence-electron chi connectivity index (χ3n) is 3.26. The zero-order valence-electron chi connectivity index (χ0n) is 13.5. The number of hydrogen-bond acceptors (Lipinski definition) is 1. The van der Waals surface area contributed by atoms with Crippen LogP contribution in [0.5, 0.6) is 0 Å². The van der Waals surface area contributed by atoms with Crippen LogP contribution in [0.25, 0.3) is 0 Å². The van der Waals surface area contributed by atoms with Gasteiger partial charge in [-0.15, -0.1) is 0 Å². The lowest BCUT2D eigenvalue weighted by atomic mass is 9.76. The van der Waals surface area contributed by atoms with Crippen LogP contribution in [0.2, 0.25) is 13.1 Å². The third kappa shape index (κ3) is 8.64. The minimum Gasteiger partial charge on any atom is -0.505 e. The van der Waals surface area contributed by atoms with Crippen LogP contribution in [0.3, 0.4) is 0 Å². The molecule has 0 aromatic carbocycles. The molecule has 0 aliphatic carbocycles. The Balaban J connectivity index is 4.44. The van der Waals surface area contributed by atoms with Gasteiger partial charge in [0.1, 0.15) is 0 Å². The molecule has 0 unspecified atom stereocenters. The van der Waals surface area contributed by atoms with Gasteiger partial charge in [0, 0.05) is 5.92 Å². The molecule has 2 heteroatoms. The monoisotopic (exact) mass is 268 g/mol. The van der Waals surface area contributed by atoms with Gasteiger partial charge in [0.25, 0.3) is 0 Å². The molecule has 18 heavy (non-hydrogen) atoms. The third-order valence-corrected chi connectivity index (χ3v) is 3.85. The number of hydrogen-bond donors (Lipinski definition) is 0. The zero-order valence-corrected chi connectivity index (χ0v) is 14.6. The molecular weight excluding hydrogens is 236 g/mol. The summed E-state index contributed by atoms with van der Waals surface area (Å²) in [6, 6.07) is 0. The highest BCUT2D eigenvalue weighted by Crippen LogP contribution is 2.32. The molecular formula is C16H32OSi. The maximum absolute atomic E-state index is 5.51. The first-order chi connectivity index (χ1) is 8.27. The van der Waals surface area contributed by atoms with Crippen molar-refractivity contribution in [3.05, 3.63) is 0 Å². The van der Waals surface area contributed by atoms with E-state index in [1.165, 1.54) is 25.7 Å². The van der Waals surface area contributed by atoms with Gasteiger partial charge in [-0.3, -0.25) is 0 Å². The van der Waals surface area contributed by atoms with Crippen molar-refractivity contribution in [3.63, 3.8) is 0 Å². The molecule has 0 spiro atoms. The fourth-order valence-electron chi connectivity index (χ4n) is 1.92. The second-order valence-corrected chi connectivity index (χ2v) is 9.15. The summed E-state index contributed by atoms with van der Waals surface area (Å²) in [6.45, 7) is 15.8. The molecule has 0 bridgehead atoms. The van der Waals surface area contributed by atoms with Crippen LogP contribution in [0.15, 0.2) is 0 Å². The molecule has 0 aliphatic rings. The van der Waals surface area contributed by atoms with Crippen LogP contribution in [0.4, 0.5) is 0 Å². The molecule has 0 aliphatic heterocycles. The van der Waals surface area contributed by atoms with E-state index in [4.69, 9.17) is 4.43 Å². The second kappa shape index (κ2) is 8.64. The maximum Gasteiger partial charge on any atom is 0.244 e. The van der Waals surface area contributed by atoms with Gasteiger partial charge in [0.05, 0.1) is 6.11 Å². The fourth-order valence-corrected chi connectivity index (χ4v) is 2.23. The lowest BCUT2D eigenvalue weighted by Gasteiger charge is -2.28. The molecule has 0 aromatic rings. The van der Waals surface area contributed by atoms with Crippen molar-refractivity contribution in [2.45, 2.75) is 73.4 Å². The second-order valence-electron chi connectivity index (χ2n) is 6.81. The molecule has 0 radical (unpaired) electrons. The van der Waals surface area contributed by atoms with E-state index < -0.39 is 9.04 Å². The van der Waals surface area contributed by atoms with E-state index in [2.05, 4.69) is 59.7 Å². The van der Waals surface area contributed by atoms with Crippen molar-refractivity contribution in [3.8, 4) is 12.0 Å². The largest absolute Gasteiger partial charge is 0.505 e. The number of unbranched alkanes of at least 4 members (excludes halogenated alkanes) is 1. The van der Waals surface area contributed by atoms with Crippen molar-refractivity contribution in [1.29, 1.82) is 0 Å². The van der Waals surface area contributed by atoms with Crippen LogP contribution in [-0.2, 0) is 4.43 Å². The highest BCUT2D eigenvalue weighted by atomic mass is 28.3. The van der Waals surface area contributed by atoms with Crippen LogP contribution in [0, 0.1) is 29.3 Å². The Morgan fingerprint density at radius 3 is 2.28 bits per heavy atom. The Bertz CT molecular complexity index is 267. The lowest BCUT2D eigenvalue weighted by Crippen LogP contribution is -2.21. The highest BCUT2D eigenvalue weighted by Gasteiger charge is 2.24. The molecule has 106 valence electrons. The Labute approximate surface area is 116 Å². The Kier molecular flexibility index (Phi) is 8.44. The molecule has 0 N–H and O–H groups in total. The van der Waals surface area contributed by atoms with E-state index in [1.54, 1.807) is 0 Å². The first-order valence-corrected chi connectivity index (χ1v) is 10.2. The number of rotatable bonds is 6. The standard InChI is InChI=1S/C16H32OSi/c1-8-9-10-14(2)13-15(16(3,4)5)11-12-17-18(6)7/h14-15,18H,8-10,13H2,1-7H3/t14-,15+/m1/s1. The predicted octanol–water partition coefficient (Wildman–Crippen LogP) is 4.83. The highest BCUT2D eigenvalue weighted by molar-refractivity contribution is 6.48. The van der Waals surface area contributed by atoms with Crippen molar-refractivity contribution in [1.82, 2.24) is 0 Å². The summed E-state index contributed by atoms with van der Waals surface area (Å²) in [6.07, 6.45) is 8.11. The van der Waals surface area contributed by atoms with E-state index in [9.17, 15) is 0 Å². The minimum absolute atomic E-state index is 0.245.